The van der Waals surface area contributed by atoms with Crippen LogP contribution < -0.4 is 10.9 Å². The van der Waals surface area contributed by atoms with Crippen molar-refractivity contribution in [2.75, 3.05) is 5.01 Å². The Morgan fingerprint density at radius 3 is 2.58 bits per heavy atom. The summed E-state index contributed by atoms with van der Waals surface area (Å²) in [5.74, 6) is 5.97. The maximum atomic E-state index is 12.2. The van der Waals surface area contributed by atoms with Gasteiger partial charge in [0.2, 0.25) is 16.9 Å². The number of tetrazole rings is 1. The fourth-order valence-electron chi connectivity index (χ4n) is 2.10. The number of carbonyl (C=O) groups excluding carboxylic acids is 1. The number of hydrogen-bond acceptors (Lipinski definition) is 7. The number of anilines is 1. The zero-order valence-corrected chi connectivity index (χ0v) is 14.4. The molecule has 0 fully saturated rings. The zero-order valence-electron chi connectivity index (χ0n) is 13.5. The number of hydrazine groups is 1. The summed E-state index contributed by atoms with van der Waals surface area (Å²) >= 11 is 1.27. The average Bonchev–Trinajstić information content (AvgIpc) is 3.20. The molecule has 8 nitrogen and oxygen atoms in total. The van der Waals surface area contributed by atoms with E-state index >= 15 is 0 Å². The number of amides is 1. The number of nitrogens with zero attached hydrogens (tertiary/aromatic N) is 6. The summed E-state index contributed by atoms with van der Waals surface area (Å²) in [4.78, 5) is 18.8. The summed E-state index contributed by atoms with van der Waals surface area (Å²) in [5, 5.41) is 13.6. The van der Waals surface area contributed by atoms with Gasteiger partial charge in [0.05, 0.1) is 12.7 Å². The average molecular weight is 343 g/mol. The third-order valence-corrected chi connectivity index (χ3v) is 4.36. The predicted octanol–water partition coefficient (Wildman–Crippen LogP) is 1.86. The summed E-state index contributed by atoms with van der Waals surface area (Å²) in [6.45, 7) is 3.58. The number of carbonyl (C=O) groups is 1. The molecule has 1 amide bonds. The summed E-state index contributed by atoms with van der Waals surface area (Å²) < 4.78 is 0. The molecule has 0 aliphatic rings. The van der Waals surface area contributed by atoms with Gasteiger partial charge in [-0.2, -0.15) is 4.80 Å². The van der Waals surface area contributed by atoms with Crippen molar-refractivity contribution in [1.29, 1.82) is 0 Å². The van der Waals surface area contributed by atoms with Crippen LogP contribution in [0.15, 0.2) is 30.3 Å². The van der Waals surface area contributed by atoms with Crippen molar-refractivity contribution in [2.45, 2.75) is 13.8 Å². The van der Waals surface area contributed by atoms with Gasteiger partial charge in [0.15, 0.2) is 0 Å². The first-order chi connectivity index (χ1) is 11.5. The van der Waals surface area contributed by atoms with Gasteiger partial charge in [-0.25, -0.2) is 15.8 Å². The molecule has 1 aromatic carbocycles. The van der Waals surface area contributed by atoms with Gasteiger partial charge in [0, 0.05) is 11.5 Å². The maximum absolute atomic E-state index is 12.2. The molecule has 0 saturated carbocycles. The third-order valence-electron chi connectivity index (χ3n) is 3.31. The molecule has 24 heavy (non-hydrogen) atoms. The maximum Gasteiger partial charge on any atom is 0.245 e. The van der Waals surface area contributed by atoms with E-state index in [1.54, 1.807) is 20.9 Å². The number of aromatic nitrogens is 5. The van der Waals surface area contributed by atoms with E-state index in [0.717, 1.165) is 15.4 Å². The van der Waals surface area contributed by atoms with Gasteiger partial charge in [-0.3, -0.25) is 4.79 Å². The van der Waals surface area contributed by atoms with E-state index in [-0.39, 0.29) is 11.8 Å². The van der Waals surface area contributed by atoms with E-state index in [0.29, 0.717) is 16.6 Å². The van der Waals surface area contributed by atoms with Gasteiger partial charge in [-0.1, -0.05) is 55.5 Å². The quantitative estimate of drug-likeness (QED) is 0.441. The molecule has 0 aliphatic carbocycles. The molecule has 2 aromatic heterocycles. The minimum absolute atomic E-state index is 0.206. The Bertz CT molecular complexity index is 856. The van der Waals surface area contributed by atoms with Crippen molar-refractivity contribution >= 4 is 22.4 Å². The molecule has 2 N–H and O–H groups in total. The lowest BCUT2D eigenvalue weighted by Crippen LogP contribution is -2.40. The standard InChI is InChI=1S/C15H17N7OS/c1-9(2)14(23)22(16)15-17-11(10-7-5-4-6-8-10)12(24-15)13-18-20-21(3)19-13/h4-9H,16H2,1-3H3. The summed E-state index contributed by atoms with van der Waals surface area (Å²) in [6, 6.07) is 9.63. The summed E-state index contributed by atoms with van der Waals surface area (Å²) in [6.07, 6.45) is 0. The predicted molar refractivity (Wildman–Crippen MR) is 91.9 cm³/mol. The normalized spacial score (nSPS) is 11.0. The topological polar surface area (TPSA) is 103 Å². The SMILES string of the molecule is CC(C)C(=O)N(N)c1nc(-c2ccccc2)c(-c2nnn(C)n2)s1. The van der Waals surface area contributed by atoms with Crippen molar-refractivity contribution < 1.29 is 4.79 Å². The lowest BCUT2D eigenvalue weighted by atomic mass is 10.1. The molecule has 0 spiro atoms. The van der Waals surface area contributed by atoms with Crippen LogP contribution in [0.3, 0.4) is 0 Å². The lowest BCUT2D eigenvalue weighted by molar-refractivity contribution is -0.121. The van der Waals surface area contributed by atoms with E-state index in [4.69, 9.17) is 5.84 Å². The number of thiazole rings is 1. The second-order valence-corrected chi connectivity index (χ2v) is 6.48. The van der Waals surface area contributed by atoms with Crippen molar-refractivity contribution in [1.82, 2.24) is 25.2 Å². The molecule has 0 aliphatic heterocycles. The number of aryl methyl sites for hydroxylation is 1. The molecule has 0 radical (unpaired) electrons. The van der Waals surface area contributed by atoms with Crippen molar-refractivity contribution in [3.05, 3.63) is 30.3 Å². The minimum Gasteiger partial charge on any atom is -0.273 e. The number of rotatable bonds is 4. The van der Waals surface area contributed by atoms with Gasteiger partial charge < -0.3 is 0 Å². The summed E-state index contributed by atoms with van der Waals surface area (Å²) in [7, 11) is 1.69. The molecule has 9 heteroatoms. The van der Waals surface area contributed by atoms with Gasteiger partial charge in [0.25, 0.3) is 0 Å². The van der Waals surface area contributed by atoms with E-state index in [2.05, 4.69) is 20.4 Å². The summed E-state index contributed by atoms with van der Waals surface area (Å²) in [5.41, 5.74) is 1.57. The number of nitrogens with two attached hydrogens (primary N) is 1. The molecule has 0 saturated heterocycles. The Hall–Kier alpha value is -2.65. The van der Waals surface area contributed by atoms with Crippen LogP contribution in [0.1, 0.15) is 13.8 Å². The van der Waals surface area contributed by atoms with E-state index in [1.165, 1.54) is 16.1 Å². The Morgan fingerprint density at radius 1 is 1.29 bits per heavy atom. The molecule has 3 rings (SSSR count). The second-order valence-electron chi connectivity index (χ2n) is 5.51. The van der Waals surface area contributed by atoms with Crippen LogP contribution in [0.5, 0.6) is 0 Å². The lowest BCUT2D eigenvalue weighted by Gasteiger charge is -2.14. The van der Waals surface area contributed by atoms with Crippen molar-refractivity contribution in [3.8, 4) is 22.0 Å². The van der Waals surface area contributed by atoms with Gasteiger partial charge in [0.1, 0.15) is 4.88 Å². The van der Waals surface area contributed by atoms with Gasteiger partial charge in [-0.05, 0) is 5.21 Å². The Balaban J connectivity index is 2.11. The fraction of sp³-hybridized carbons (Fsp3) is 0.267. The molecule has 3 aromatic rings. The second kappa shape index (κ2) is 6.46. The smallest absolute Gasteiger partial charge is 0.245 e. The third kappa shape index (κ3) is 3.03. The highest BCUT2D eigenvalue weighted by Crippen LogP contribution is 2.38. The minimum atomic E-state index is -0.225. The van der Waals surface area contributed by atoms with Crippen LogP contribution in [-0.4, -0.2) is 31.1 Å². The molecule has 124 valence electrons. The van der Waals surface area contributed by atoms with E-state index in [1.807, 2.05) is 30.3 Å². The first-order valence-corrected chi connectivity index (χ1v) is 8.18. The van der Waals surface area contributed by atoms with Crippen LogP contribution in [0.25, 0.3) is 22.0 Å². The highest BCUT2D eigenvalue weighted by Gasteiger charge is 2.24. The molecular formula is C15H17N7OS. The molecule has 0 bridgehead atoms. The highest BCUT2D eigenvalue weighted by molar-refractivity contribution is 7.19. The first kappa shape index (κ1) is 16.2. The fourth-order valence-corrected chi connectivity index (χ4v) is 3.04. The Kier molecular flexibility index (Phi) is 4.36. The first-order valence-electron chi connectivity index (χ1n) is 7.36. The zero-order chi connectivity index (χ0) is 17.3. The largest absolute Gasteiger partial charge is 0.273 e. The molecule has 0 atom stereocenters. The molecule has 0 unspecified atom stereocenters. The molecular weight excluding hydrogens is 326 g/mol. The number of hydrogen-bond donors (Lipinski definition) is 1. The highest BCUT2D eigenvalue weighted by atomic mass is 32.1. The van der Waals surface area contributed by atoms with Crippen LogP contribution in [-0.2, 0) is 11.8 Å². The van der Waals surface area contributed by atoms with Gasteiger partial charge in [-0.15, -0.1) is 10.2 Å². The van der Waals surface area contributed by atoms with Crippen LogP contribution >= 0.6 is 11.3 Å². The van der Waals surface area contributed by atoms with Crippen molar-refractivity contribution in [2.24, 2.45) is 18.8 Å². The van der Waals surface area contributed by atoms with E-state index in [9.17, 15) is 4.79 Å². The Labute approximate surface area is 142 Å². The van der Waals surface area contributed by atoms with Crippen LogP contribution in [0.2, 0.25) is 0 Å². The van der Waals surface area contributed by atoms with Crippen LogP contribution in [0, 0.1) is 5.92 Å². The van der Waals surface area contributed by atoms with Crippen molar-refractivity contribution in [3.63, 3.8) is 0 Å². The van der Waals surface area contributed by atoms with Gasteiger partial charge >= 0.3 is 0 Å². The van der Waals surface area contributed by atoms with E-state index < -0.39 is 0 Å². The van der Waals surface area contributed by atoms with Crippen LogP contribution in [0.4, 0.5) is 5.13 Å². The number of benzene rings is 1. The Morgan fingerprint density at radius 2 is 2.00 bits per heavy atom. The molecule has 2 heterocycles. The monoisotopic (exact) mass is 343 g/mol.